The normalized spacial score (nSPS) is 11.0. The fourth-order valence-corrected chi connectivity index (χ4v) is 2.86. The lowest BCUT2D eigenvalue weighted by Gasteiger charge is -2.08. The number of fused-ring (bicyclic) bond motifs is 1. The molecule has 0 aliphatic carbocycles. The number of hydrogen-bond acceptors (Lipinski definition) is 2. The van der Waals surface area contributed by atoms with Crippen molar-refractivity contribution in [2.45, 2.75) is 39.0 Å². The van der Waals surface area contributed by atoms with Crippen LogP contribution in [0.15, 0.2) is 48.7 Å². The maximum absolute atomic E-state index is 13.6. The van der Waals surface area contributed by atoms with Crippen LogP contribution in [0.1, 0.15) is 39.0 Å². The maximum atomic E-state index is 13.6. The van der Waals surface area contributed by atoms with Crippen LogP contribution < -0.4 is 5.32 Å². The van der Waals surface area contributed by atoms with E-state index in [2.05, 4.69) is 17.2 Å². The number of nitrogens with zero attached hydrogens (tertiary/aromatic N) is 2. The molecular formula is C20H22FN3O. The zero-order valence-electron chi connectivity index (χ0n) is 14.3. The van der Waals surface area contributed by atoms with Gasteiger partial charge in [-0.15, -0.1) is 0 Å². The van der Waals surface area contributed by atoms with Crippen LogP contribution in [0.4, 0.5) is 10.2 Å². The number of hydrogen-bond donors (Lipinski definition) is 1. The quantitative estimate of drug-likeness (QED) is 0.612. The average Bonchev–Trinajstić information content (AvgIpc) is 2.97. The van der Waals surface area contributed by atoms with Crippen molar-refractivity contribution in [3.8, 4) is 11.3 Å². The van der Waals surface area contributed by atoms with Crippen LogP contribution in [-0.4, -0.2) is 15.3 Å². The average molecular weight is 339 g/mol. The van der Waals surface area contributed by atoms with Gasteiger partial charge in [-0.1, -0.05) is 44.4 Å². The molecule has 0 atom stereocenters. The summed E-state index contributed by atoms with van der Waals surface area (Å²) in [5, 5.41) is 2.97. The van der Waals surface area contributed by atoms with Crippen molar-refractivity contribution < 1.29 is 9.18 Å². The fourth-order valence-electron chi connectivity index (χ4n) is 2.86. The molecule has 4 nitrogen and oxygen atoms in total. The number of pyridine rings is 1. The van der Waals surface area contributed by atoms with Crippen LogP contribution in [0, 0.1) is 5.82 Å². The molecule has 1 N–H and O–H groups in total. The Kier molecular flexibility index (Phi) is 5.43. The van der Waals surface area contributed by atoms with Gasteiger partial charge in [0.15, 0.2) is 0 Å². The van der Waals surface area contributed by atoms with Crippen molar-refractivity contribution in [1.29, 1.82) is 0 Å². The van der Waals surface area contributed by atoms with Gasteiger partial charge in [-0.05, 0) is 30.7 Å². The first-order valence-electron chi connectivity index (χ1n) is 8.72. The summed E-state index contributed by atoms with van der Waals surface area (Å²) in [5.74, 6) is 0.215. The van der Waals surface area contributed by atoms with Gasteiger partial charge in [0.25, 0.3) is 0 Å². The summed E-state index contributed by atoms with van der Waals surface area (Å²) >= 11 is 0. The first-order chi connectivity index (χ1) is 12.2. The molecule has 1 amide bonds. The SMILES string of the molecule is CCCCCCC(=O)Nc1c(-c2cccc(F)c2)nc2ccccn12. The largest absolute Gasteiger partial charge is 0.310 e. The van der Waals surface area contributed by atoms with E-state index in [1.165, 1.54) is 12.1 Å². The third kappa shape index (κ3) is 4.05. The van der Waals surface area contributed by atoms with E-state index in [1.807, 2.05) is 28.8 Å². The van der Waals surface area contributed by atoms with Crippen LogP contribution >= 0.6 is 0 Å². The van der Waals surface area contributed by atoms with Gasteiger partial charge in [0.05, 0.1) is 0 Å². The molecule has 0 bridgehead atoms. The summed E-state index contributed by atoms with van der Waals surface area (Å²) in [6.45, 7) is 2.14. The number of imidazole rings is 1. The summed E-state index contributed by atoms with van der Waals surface area (Å²) in [4.78, 5) is 16.9. The van der Waals surface area contributed by atoms with Crippen LogP contribution in [0.2, 0.25) is 0 Å². The number of rotatable bonds is 7. The molecule has 0 spiro atoms. The summed E-state index contributed by atoms with van der Waals surface area (Å²) in [6.07, 6.45) is 6.51. The van der Waals surface area contributed by atoms with E-state index in [-0.39, 0.29) is 11.7 Å². The van der Waals surface area contributed by atoms with E-state index in [9.17, 15) is 9.18 Å². The molecule has 2 aromatic heterocycles. The highest BCUT2D eigenvalue weighted by atomic mass is 19.1. The van der Waals surface area contributed by atoms with Gasteiger partial charge in [0.2, 0.25) is 5.91 Å². The summed E-state index contributed by atoms with van der Waals surface area (Å²) in [7, 11) is 0. The number of amides is 1. The van der Waals surface area contributed by atoms with Crippen LogP contribution in [0.3, 0.4) is 0 Å². The van der Waals surface area contributed by atoms with Gasteiger partial charge in [0, 0.05) is 18.2 Å². The summed E-state index contributed by atoms with van der Waals surface area (Å²) < 4.78 is 15.4. The van der Waals surface area contributed by atoms with E-state index >= 15 is 0 Å². The van der Waals surface area contributed by atoms with Crippen molar-refractivity contribution in [2.24, 2.45) is 0 Å². The van der Waals surface area contributed by atoms with Gasteiger partial charge in [0.1, 0.15) is 23.0 Å². The van der Waals surface area contributed by atoms with Gasteiger partial charge < -0.3 is 5.32 Å². The number of nitrogens with one attached hydrogen (secondary N) is 1. The molecule has 0 saturated carbocycles. The Morgan fingerprint density at radius 1 is 1.16 bits per heavy atom. The van der Waals surface area contributed by atoms with Gasteiger partial charge in [-0.25, -0.2) is 9.37 Å². The van der Waals surface area contributed by atoms with Crippen molar-refractivity contribution in [2.75, 3.05) is 5.32 Å². The fraction of sp³-hybridized carbons (Fsp3) is 0.300. The number of unbranched alkanes of at least 4 members (excludes halogenated alkanes) is 3. The molecule has 2 heterocycles. The molecule has 1 aromatic carbocycles. The Morgan fingerprint density at radius 2 is 2.04 bits per heavy atom. The molecule has 0 fully saturated rings. The smallest absolute Gasteiger partial charge is 0.225 e. The Bertz CT molecular complexity index is 872. The number of aromatic nitrogens is 2. The molecule has 0 unspecified atom stereocenters. The number of carbonyl (C=O) groups excluding carboxylic acids is 1. The molecule has 0 aliphatic heterocycles. The second-order valence-electron chi connectivity index (χ2n) is 6.11. The number of benzene rings is 1. The van der Waals surface area contributed by atoms with E-state index in [0.29, 0.717) is 29.1 Å². The van der Waals surface area contributed by atoms with E-state index in [4.69, 9.17) is 0 Å². The Labute approximate surface area is 146 Å². The molecule has 0 saturated heterocycles. The minimum absolute atomic E-state index is 0.0422. The molecule has 3 rings (SSSR count). The Hall–Kier alpha value is -2.69. The highest BCUT2D eigenvalue weighted by molar-refractivity contribution is 5.94. The monoisotopic (exact) mass is 339 g/mol. The minimum atomic E-state index is -0.327. The minimum Gasteiger partial charge on any atom is -0.310 e. The molecule has 3 aromatic rings. The predicted molar refractivity (Wildman–Crippen MR) is 98.0 cm³/mol. The molecule has 130 valence electrons. The standard InChI is InChI=1S/C20H22FN3O/c1-2-3-4-5-12-18(25)23-20-19(15-9-8-10-16(21)14-15)22-17-11-6-7-13-24(17)20/h6-11,13-14H,2-5,12H2,1H3,(H,23,25). The zero-order chi connectivity index (χ0) is 17.6. The second-order valence-corrected chi connectivity index (χ2v) is 6.11. The second kappa shape index (κ2) is 7.92. The van der Waals surface area contributed by atoms with Crippen molar-refractivity contribution in [3.63, 3.8) is 0 Å². The lowest BCUT2D eigenvalue weighted by Crippen LogP contribution is -2.13. The summed E-state index contributed by atoms with van der Waals surface area (Å²) in [6, 6.07) is 11.9. The van der Waals surface area contributed by atoms with E-state index < -0.39 is 0 Å². The van der Waals surface area contributed by atoms with Crippen LogP contribution in [0.5, 0.6) is 0 Å². The van der Waals surface area contributed by atoms with E-state index in [1.54, 1.807) is 12.1 Å². The van der Waals surface area contributed by atoms with Gasteiger partial charge in [-0.2, -0.15) is 0 Å². The van der Waals surface area contributed by atoms with Crippen LogP contribution in [0.25, 0.3) is 16.9 Å². The molecule has 5 heteroatoms. The lowest BCUT2D eigenvalue weighted by atomic mass is 10.1. The molecule has 0 aliphatic rings. The zero-order valence-corrected chi connectivity index (χ0v) is 14.3. The first-order valence-corrected chi connectivity index (χ1v) is 8.72. The number of carbonyl (C=O) groups is 1. The van der Waals surface area contributed by atoms with Crippen LogP contribution in [-0.2, 0) is 4.79 Å². The van der Waals surface area contributed by atoms with Gasteiger partial charge in [-0.3, -0.25) is 9.20 Å². The maximum Gasteiger partial charge on any atom is 0.225 e. The molecule has 0 radical (unpaired) electrons. The first kappa shape index (κ1) is 17.1. The highest BCUT2D eigenvalue weighted by Crippen LogP contribution is 2.29. The lowest BCUT2D eigenvalue weighted by molar-refractivity contribution is -0.116. The van der Waals surface area contributed by atoms with E-state index in [0.717, 1.165) is 25.7 Å². The number of halogens is 1. The Morgan fingerprint density at radius 3 is 2.84 bits per heavy atom. The topological polar surface area (TPSA) is 46.4 Å². The van der Waals surface area contributed by atoms with Crippen molar-refractivity contribution in [1.82, 2.24) is 9.38 Å². The highest BCUT2D eigenvalue weighted by Gasteiger charge is 2.16. The van der Waals surface area contributed by atoms with Gasteiger partial charge >= 0.3 is 0 Å². The van der Waals surface area contributed by atoms with Crippen molar-refractivity contribution >= 4 is 17.4 Å². The molecular weight excluding hydrogens is 317 g/mol. The third-order valence-electron chi connectivity index (χ3n) is 4.14. The third-order valence-corrected chi connectivity index (χ3v) is 4.14. The number of anilines is 1. The predicted octanol–water partition coefficient (Wildman–Crippen LogP) is 5.05. The van der Waals surface area contributed by atoms with Crippen molar-refractivity contribution in [3.05, 3.63) is 54.5 Å². The molecule has 25 heavy (non-hydrogen) atoms. The Balaban J connectivity index is 1.90. The summed E-state index contributed by atoms with van der Waals surface area (Å²) in [5.41, 5.74) is 1.93.